The van der Waals surface area contributed by atoms with Crippen LogP contribution >= 0.6 is 0 Å². The van der Waals surface area contributed by atoms with Gasteiger partial charge >= 0.3 is 0 Å². The predicted octanol–water partition coefficient (Wildman–Crippen LogP) is 17.0. The number of rotatable bonds is 10. The molecule has 4 aromatic heterocycles. The molecule has 0 aliphatic rings. The summed E-state index contributed by atoms with van der Waals surface area (Å²) in [6.45, 7) is 0. The van der Waals surface area contributed by atoms with E-state index in [1.54, 1.807) is 0 Å². The summed E-state index contributed by atoms with van der Waals surface area (Å²) in [7, 11) is 0. The van der Waals surface area contributed by atoms with E-state index in [1.165, 1.54) is 5.56 Å². The highest BCUT2D eigenvalue weighted by atomic mass is 14.9. The third-order valence-corrected chi connectivity index (χ3v) is 13.7. The molecule has 0 radical (unpaired) electrons. The molecule has 74 heavy (non-hydrogen) atoms. The van der Waals surface area contributed by atoms with Gasteiger partial charge in [-0.2, -0.15) is 0 Å². The minimum Gasteiger partial charge on any atom is -0.256 e. The van der Waals surface area contributed by atoms with Crippen molar-refractivity contribution in [2.45, 2.75) is 0 Å². The Bertz CT molecular complexity index is 4110. The van der Waals surface area contributed by atoms with Gasteiger partial charge in [-0.3, -0.25) is 9.97 Å². The molecule has 0 aliphatic heterocycles. The zero-order chi connectivity index (χ0) is 49.2. The zero-order valence-corrected chi connectivity index (χ0v) is 40.1. The average Bonchev–Trinajstić information content (AvgIpc) is 3.49. The molecular formula is C68H44N6. The SMILES string of the molecule is c1ccc(-c2ccc(-c3nc(-c4ccc(-c5ccc(-c6cc(-c7cccc8cccnc78)nc(-c7ccc(-c8ccccc8)cc7)n6)cc5)cc4)cc(-c4ccc(-c5cccc6cccnc56)cc4)n3)cc2)cc1. The Morgan fingerprint density at radius 1 is 0.203 bits per heavy atom. The molecule has 13 aromatic rings. The first-order valence-corrected chi connectivity index (χ1v) is 24.7. The van der Waals surface area contributed by atoms with Crippen LogP contribution in [0.5, 0.6) is 0 Å². The average molecular weight is 945 g/mol. The van der Waals surface area contributed by atoms with Gasteiger partial charge in [-0.05, 0) is 63.2 Å². The van der Waals surface area contributed by atoms with E-state index in [2.05, 4.69) is 231 Å². The number of benzene rings is 9. The first-order valence-electron chi connectivity index (χ1n) is 24.7. The highest BCUT2D eigenvalue weighted by molar-refractivity contribution is 5.95. The van der Waals surface area contributed by atoms with Crippen molar-refractivity contribution in [2.24, 2.45) is 0 Å². The van der Waals surface area contributed by atoms with Crippen LogP contribution in [0.3, 0.4) is 0 Å². The molecule has 0 fully saturated rings. The Balaban J connectivity index is 0.828. The Kier molecular flexibility index (Phi) is 11.4. The monoisotopic (exact) mass is 944 g/mol. The number of nitrogens with zero attached hydrogens (tertiary/aromatic N) is 6. The van der Waals surface area contributed by atoms with Gasteiger partial charge in [0.05, 0.1) is 33.8 Å². The molecule has 346 valence electrons. The first-order chi connectivity index (χ1) is 36.6. The molecule has 0 saturated carbocycles. The maximum Gasteiger partial charge on any atom is 0.160 e. The van der Waals surface area contributed by atoms with Crippen molar-refractivity contribution in [3.05, 3.63) is 267 Å². The zero-order valence-electron chi connectivity index (χ0n) is 40.1. The van der Waals surface area contributed by atoms with Crippen LogP contribution in [0.4, 0.5) is 0 Å². The number of hydrogen-bond acceptors (Lipinski definition) is 6. The van der Waals surface area contributed by atoms with Crippen molar-refractivity contribution in [1.82, 2.24) is 29.9 Å². The van der Waals surface area contributed by atoms with E-state index in [4.69, 9.17) is 29.9 Å². The van der Waals surface area contributed by atoms with Crippen LogP contribution in [0, 0.1) is 0 Å². The number of para-hydroxylation sites is 2. The highest BCUT2D eigenvalue weighted by Gasteiger charge is 2.16. The molecule has 9 aromatic carbocycles. The molecule has 0 aliphatic carbocycles. The molecular weight excluding hydrogens is 901 g/mol. The second-order valence-corrected chi connectivity index (χ2v) is 18.3. The van der Waals surface area contributed by atoms with Crippen molar-refractivity contribution in [3.63, 3.8) is 0 Å². The van der Waals surface area contributed by atoms with Crippen LogP contribution in [0.1, 0.15) is 0 Å². The molecule has 4 heterocycles. The summed E-state index contributed by atoms with van der Waals surface area (Å²) in [5, 5.41) is 2.17. The van der Waals surface area contributed by atoms with Crippen molar-refractivity contribution in [1.29, 1.82) is 0 Å². The molecule has 13 rings (SSSR count). The first kappa shape index (κ1) is 43.9. The van der Waals surface area contributed by atoms with Crippen molar-refractivity contribution in [2.75, 3.05) is 0 Å². The Morgan fingerprint density at radius 3 is 0.946 bits per heavy atom. The van der Waals surface area contributed by atoms with Gasteiger partial charge in [0.2, 0.25) is 0 Å². The summed E-state index contributed by atoms with van der Waals surface area (Å²) in [5.74, 6) is 1.32. The summed E-state index contributed by atoms with van der Waals surface area (Å²) >= 11 is 0. The molecule has 0 bridgehead atoms. The van der Waals surface area contributed by atoms with Crippen LogP contribution in [0.25, 0.3) is 134 Å². The molecule has 0 amide bonds. The molecule has 0 N–H and O–H groups in total. The second-order valence-electron chi connectivity index (χ2n) is 18.3. The van der Waals surface area contributed by atoms with Gasteiger partial charge in [0.15, 0.2) is 11.6 Å². The summed E-state index contributed by atoms with van der Waals surface area (Å²) in [6.07, 6.45) is 3.69. The molecule has 0 unspecified atom stereocenters. The molecule has 6 heteroatoms. The van der Waals surface area contributed by atoms with Crippen LogP contribution in [-0.2, 0) is 0 Å². The minimum absolute atomic E-state index is 0.653. The number of hydrogen-bond donors (Lipinski definition) is 0. The standard InChI is InChI=1S/C68H44N6/c1-3-11-45(12-4-1)47-25-37-57(38-26-47)67-71-61(43-62(72-67)54-35-29-51(30-36-54)59-19-7-15-55-17-9-41-69-65(55)59)52-31-21-49(22-32-52)50-23-33-53(34-24-50)63-44-64(60-20-8-16-56-18-10-42-70-66(56)60)74-68(73-63)58-39-27-48(28-40-58)46-13-5-2-6-14-46/h1-44H. The van der Waals surface area contributed by atoms with Crippen molar-refractivity contribution >= 4 is 21.8 Å². The van der Waals surface area contributed by atoms with E-state index < -0.39 is 0 Å². The summed E-state index contributed by atoms with van der Waals surface area (Å²) in [4.78, 5) is 30.2. The largest absolute Gasteiger partial charge is 0.256 e. The van der Waals surface area contributed by atoms with E-state index in [9.17, 15) is 0 Å². The van der Waals surface area contributed by atoms with Crippen LogP contribution in [0.2, 0.25) is 0 Å². The fraction of sp³-hybridized carbons (Fsp3) is 0. The van der Waals surface area contributed by atoms with Crippen LogP contribution < -0.4 is 0 Å². The molecule has 0 spiro atoms. The Hall–Kier alpha value is -10.0. The number of aromatic nitrogens is 6. The topological polar surface area (TPSA) is 77.3 Å². The molecule has 0 saturated heterocycles. The maximum atomic E-state index is 5.21. The van der Waals surface area contributed by atoms with E-state index in [-0.39, 0.29) is 0 Å². The van der Waals surface area contributed by atoms with Crippen LogP contribution in [-0.4, -0.2) is 29.9 Å². The predicted molar refractivity (Wildman–Crippen MR) is 303 cm³/mol. The minimum atomic E-state index is 0.653. The van der Waals surface area contributed by atoms with Gasteiger partial charge in [-0.25, -0.2) is 19.9 Å². The number of fused-ring (bicyclic) bond motifs is 2. The molecule has 0 atom stereocenters. The second kappa shape index (κ2) is 19.3. The van der Waals surface area contributed by atoms with Crippen molar-refractivity contribution < 1.29 is 0 Å². The van der Waals surface area contributed by atoms with Gasteiger partial charge in [0.25, 0.3) is 0 Å². The maximum absolute atomic E-state index is 5.21. The summed E-state index contributed by atoms with van der Waals surface area (Å²) < 4.78 is 0. The van der Waals surface area contributed by atoms with Crippen LogP contribution in [0.15, 0.2) is 267 Å². The Morgan fingerprint density at radius 2 is 0.514 bits per heavy atom. The summed E-state index contributed by atoms with van der Waals surface area (Å²) in [6, 6.07) is 88.5. The lowest BCUT2D eigenvalue weighted by atomic mass is 9.98. The summed E-state index contributed by atoms with van der Waals surface area (Å²) in [5.41, 5.74) is 20.0. The van der Waals surface area contributed by atoms with E-state index in [1.807, 2.05) is 36.7 Å². The van der Waals surface area contributed by atoms with Crippen molar-refractivity contribution in [3.8, 4) is 112 Å². The molecule has 6 nitrogen and oxygen atoms in total. The fourth-order valence-corrected chi connectivity index (χ4v) is 9.75. The lowest BCUT2D eigenvalue weighted by molar-refractivity contribution is 1.18. The number of pyridine rings is 2. The van der Waals surface area contributed by atoms with E-state index in [0.29, 0.717) is 11.6 Å². The third kappa shape index (κ3) is 8.78. The van der Waals surface area contributed by atoms with E-state index >= 15 is 0 Å². The van der Waals surface area contributed by atoms with E-state index in [0.717, 1.165) is 117 Å². The normalized spacial score (nSPS) is 11.2. The fourth-order valence-electron chi connectivity index (χ4n) is 9.75. The Labute approximate surface area is 429 Å². The highest BCUT2D eigenvalue weighted by Crippen LogP contribution is 2.36. The van der Waals surface area contributed by atoms with Gasteiger partial charge in [-0.1, -0.05) is 231 Å². The quantitative estimate of drug-likeness (QED) is 0.136. The lowest BCUT2D eigenvalue weighted by Crippen LogP contribution is -1.97. The van der Waals surface area contributed by atoms with Gasteiger partial charge in [-0.15, -0.1) is 0 Å². The third-order valence-electron chi connectivity index (χ3n) is 13.7. The van der Waals surface area contributed by atoms with Gasteiger partial charge < -0.3 is 0 Å². The van der Waals surface area contributed by atoms with Gasteiger partial charge in [0.1, 0.15) is 0 Å². The lowest BCUT2D eigenvalue weighted by Gasteiger charge is -2.12. The smallest absolute Gasteiger partial charge is 0.160 e. The van der Waals surface area contributed by atoms with Gasteiger partial charge in [0, 0.05) is 62.1 Å².